The lowest BCUT2D eigenvalue weighted by Gasteiger charge is -2.33. The average Bonchev–Trinajstić information content (AvgIpc) is 3.14. The largest absolute Gasteiger partial charge is 0.481 e. The zero-order valence-corrected chi connectivity index (χ0v) is 12.9. The van der Waals surface area contributed by atoms with Crippen molar-refractivity contribution in [3.63, 3.8) is 0 Å². The molecule has 0 unspecified atom stereocenters. The minimum atomic E-state index is -0.957. The molecule has 0 saturated carbocycles. The Morgan fingerprint density at radius 2 is 1.96 bits per heavy atom. The fourth-order valence-electron chi connectivity index (χ4n) is 4.03. The number of carbonyl (C=O) groups is 2. The van der Waals surface area contributed by atoms with E-state index in [1.54, 1.807) is 11.0 Å². The van der Waals surface area contributed by atoms with Gasteiger partial charge in [0, 0.05) is 12.2 Å². The number of carbonyl (C=O) groups excluding carboxylic acids is 1. The number of fused-ring (bicyclic) bond motifs is 3. The SMILES string of the molecule is Cc1ccc2c(c1)CCCN2C(=O)[C@H]1[C@@H](C(=O)O)[C@@H]2C=C[C@H]1O2. The van der Waals surface area contributed by atoms with Gasteiger partial charge in [-0.3, -0.25) is 9.59 Å². The minimum absolute atomic E-state index is 0.126. The minimum Gasteiger partial charge on any atom is -0.481 e. The maximum Gasteiger partial charge on any atom is 0.310 e. The molecule has 3 heterocycles. The summed E-state index contributed by atoms with van der Waals surface area (Å²) in [5.41, 5.74) is 3.26. The van der Waals surface area contributed by atoms with E-state index in [1.807, 2.05) is 25.1 Å². The number of hydrogen-bond acceptors (Lipinski definition) is 3. The molecule has 4 atom stereocenters. The van der Waals surface area contributed by atoms with Gasteiger partial charge in [0.05, 0.1) is 18.1 Å². The Labute approximate surface area is 134 Å². The van der Waals surface area contributed by atoms with Crippen molar-refractivity contribution in [1.82, 2.24) is 0 Å². The molecular formula is C18H19NO4. The summed E-state index contributed by atoms with van der Waals surface area (Å²) in [6, 6.07) is 6.08. The van der Waals surface area contributed by atoms with Gasteiger partial charge in [0.1, 0.15) is 5.92 Å². The molecule has 1 fully saturated rings. The molecule has 120 valence electrons. The second kappa shape index (κ2) is 5.20. The highest BCUT2D eigenvalue weighted by Crippen LogP contribution is 2.41. The lowest BCUT2D eigenvalue weighted by Crippen LogP contribution is -2.46. The van der Waals surface area contributed by atoms with Crippen LogP contribution in [0.5, 0.6) is 0 Å². The molecule has 3 aliphatic rings. The van der Waals surface area contributed by atoms with Crippen LogP contribution in [0.25, 0.3) is 0 Å². The lowest BCUT2D eigenvalue weighted by molar-refractivity contribution is -0.146. The van der Waals surface area contributed by atoms with E-state index in [0.29, 0.717) is 6.54 Å². The van der Waals surface area contributed by atoms with Crippen molar-refractivity contribution in [2.24, 2.45) is 11.8 Å². The summed E-state index contributed by atoms with van der Waals surface area (Å²) in [7, 11) is 0. The fraction of sp³-hybridized carbons (Fsp3) is 0.444. The number of nitrogens with zero attached hydrogens (tertiary/aromatic N) is 1. The number of anilines is 1. The highest BCUT2D eigenvalue weighted by Gasteiger charge is 2.54. The van der Waals surface area contributed by atoms with E-state index in [1.165, 1.54) is 5.56 Å². The number of aryl methyl sites for hydroxylation is 2. The van der Waals surface area contributed by atoms with Gasteiger partial charge in [-0.05, 0) is 31.4 Å². The molecule has 1 aromatic carbocycles. The Bertz CT molecular complexity index is 711. The number of carboxylic acid groups (broad SMARTS) is 1. The number of rotatable bonds is 2. The molecule has 3 aliphatic heterocycles. The summed E-state index contributed by atoms with van der Waals surface area (Å²) < 4.78 is 5.64. The number of hydrogen-bond donors (Lipinski definition) is 1. The van der Waals surface area contributed by atoms with Gasteiger partial charge >= 0.3 is 5.97 Å². The Kier molecular flexibility index (Phi) is 3.27. The van der Waals surface area contributed by atoms with Crippen molar-refractivity contribution in [2.45, 2.75) is 32.0 Å². The van der Waals surface area contributed by atoms with Crippen LogP contribution in [0.1, 0.15) is 17.5 Å². The van der Waals surface area contributed by atoms with Gasteiger partial charge in [0.2, 0.25) is 5.91 Å². The fourth-order valence-corrected chi connectivity index (χ4v) is 4.03. The molecule has 0 aliphatic carbocycles. The van der Waals surface area contributed by atoms with E-state index >= 15 is 0 Å². The van der Waals surface area contributed by atoms with Gasteiger partial charge in [-0.2, -0.15) is 0 Å². The summed E-state index contributed by atoms with van der Waals surface area (Å²) in [5, 5.41) is 9.50. The Balaban J connectivity index is 1.68. The molecule has 0 aromatic heterocycles. The van der Waals surface area contributed by atoms with Gasteiger partial charge in [0.15, 0.2) is 0 Å². The molecular weight excluding hydrogens is 294 g/mol. The molecule has 5 heteroatoms. The number of aliphatic carboxylic acids is 1. The molecule has 5 nitrogen and oxygen atoms in total. The zero-order valence-electron chi connectivity index (χ0n) is 12.9. The van der Waals surface area contributed by atoms with E-state index in [4.69, 9.17) is 4.74 Å². The molecule has 1 aromatic rings. The van der Waals surface area contributed by atoms with Crippen molar-refractivity contribution in [3.8, 4) is 0 Å². The van der Waals surface area contributed by atoms with Crippen LogP contribution < -0.4 is 4.90 Å². The van der Waals surface area contributed by atoms with Crippen molar-refractivity contribution < 1.29 is 19.4 Å². The Morgan fingerprint density at radius 3 is 2.70 bits per heavy atom. The predicted molar refractivity (Wildman–Crippen MR) is 84.3 cm³/mol. The summed E-state index contributed by atoms with van der Waals surface area (Å²) >= 11 is 0. The topological polar surface area (TPSA) is 66.8 Å². The number of carboxylic acids is 1. The third-order valence-corrected chi connectivity index (χ3v) is 5.09. The van der Waals surface area contributed by atoms with E-state index in [0.717, 1.165) is 24.1 Å². The number of benzene rings is 1. The lowest BCUT2D eigenvalue weighted by atomic mass is 9.81. The summed E-state index contributed by atoms with van der Waals surface area (Å²) in [4.78, 5) is 26.5. The van der Waals surface area contributed by atoms with Crippen LogP contribution in [0.15, 0.2) is 30.4 Å². The third kappa shape index (κ3) is 2.18. The first kappa shape index (κ1) is 14.5. The van der Waals surface area contributed by atoms with Crippen LogP contribution >= 0.6 is 0 Å². The van der Waals surface area contributed by atoms with Gasteiger partial charge in [-0.25, -0.2) is 0 Å². The van der Waals surface area contributed by atoms with Crippen LogP contribution in [-0.2, 0) is 20.7 Å². The van der Waals surface area contributed by atoms with Gasteiger partial charge in [-0.15, -0.1) is 0 Å². The molecule has 0 spiro atoms. The third-order valence-electron chi connectivity index (χ3n) is 5.09. The van der Waals surface area contributed by atoms with Gasteiger partial charge < -0.3 is 14.7 Å². The molecule has 1 N–H and O–H groups in total. The standard InChI is InChI=1S/C18H19NO4/c1-10-4-5-12-11(9-10)3-2-8-19(12)17(20)15-13-6-7-14(23-13)16(15)18(21)22/h4-7,9,13-16H,2-3,8H2,1H3,(H,21,22)/t13-,14+,15-,16+/m1/s1. The highest BCUT2D eigenvalue weighted by molar-refractivity contribution is 5.99. The van der Waals surface area contributed by atoms with E-state index in [-0.39, 0.29) is 5.91 Å². The van der Waals surface area contributed by atoms with Gasteiger partial charge in [0.25, 0.3) is 0 Å². The first-order valence-electron chi connectivity index (χ1n) is 8.04. The maximum atomic E-state index is 13.1. The monoisotopic (exact) mass is 313 g/mol. The van der Waals surface area contributed by atoms with Gasteiger partial charge in [-0.1, -0.05) is 29.8 Å². The van der Waals surface area contributed by atoms with Crippen molar-refractivity contribution in [3.05, 3.63) is 41.5 Å². The van der Waals surface area contributed by atoms with Crippen LogP contribution in [0.3, 0.4) is 0 Å². The normalized spacial score (nSPS) is 31.3. The molecule has 1 saturated heterocycles. The predicted octanol–water partition coefficient (Wildman–Crippen LogP) is 1.93. The van der Waals surface area contributed by atoms with Crippen LogP contribution in [0.4, 0.5) is 5.69 Å². The van der Waals surface area contributed by atoms with E-state index in [2.05, 4.69) is 6.07 Å². The second-order valence-corrected chi connectivity index (χ2v) is 6.57. The number of amides is 1. The molecule has 4 rings (SSSR count). The first-order valence-corrected chi connectivity index (χ1v) is 8.04. The van der Waals surface area contributed by atoms with E-state index in [9.17, 15) is 14.7 Å². The van der Waals surface area contributed by atoms with Crippen molar-refractivity contribution in [2.75, 3.05) is 11.4 Å². The van der Waals surface area contributed by atoms with Crippen molar-refractivity contribution >= 4 is 17.6 Å². The van der Waals surface area contributed by atoms with Crippen LogP contribution in [0, 0.1) is 18.8 Å². The molecule has 2 bridgehead atoms. The van der Waals surface area contributed by atoms with Crippen LogP contribution in [0.2, 0.25) is 0 Å². The quantitative estimate of drug-likeness (QED) is 0.847. The molecule has 23 heavy (non-hydrogen) atoms. The zero-order chi connectivity index (χ0) is 16.1. The van der Waals surface area contributed by atoms with Crippen molar-refractivity contribution in [1.29, 1.82) is 0 Å². The first-order chi connectivity index (χ1) is 11.1. The number of ether oxygens (including phenoxy) is 1. The Hall–Kier alpha value is -2.14. The highest BCUT2D eigenvalue weighted by atomic mass is 16.5. The molecule has 0 radical (unpaired) electrons. The molecule has 1 amide bonds. The average molecular weight is 313 g/mol. The summed E-state index contributed by atoms with van der Waals surface area (Å²) in [5.74, 6) is -2.50. The Morgan fingerprint density at radius 1 is 1.22 bits per heavy atom. The van der Waals surface area contributed by atoms with E-state index < -0.39 is 30.0 Å². The second-order valence-electron chi connectivity index (χ2n) is 6.57. The summed E-state index contributed by atoms with van der Waals surface area (Å²) in [6.45, 7) is 2.68. The van der Waals surface area contributed by atoms with Crippen LogP contribution in [-0.4, -0.2) is 35.7 Å². The smallest absolute Gasteiger partial charge is 0.310 e. The summed E-state index contributed by atoms with van der Waals surface area (Å²) in [6.07, 6.45) is 4.55. The maximum absolute atomic E-state index is 13.1.